The first-order valence-corrected chi connectivity index (χ1v) is 4.09. The van der Waals surface area contributed by atoms with Gasteiger partial charge in [-0.3, -0.25) is 0 Å². The van der Waals surface area contributed by atoms with Crippen LogP contribution in [-0.4, -0.2) is 14.8 Å². The molecular formula is C9H11N3. The Morgan fingerprint density at radius 1 is 1.42 bits per heavy atom. The summed E-state index contributed by atoms with van der Waals surface area (Å²) >= 11 is 0. The van der Waals surface area contributed by atoms with Gasteiger partial charge in [0.05, 0.1) is 6.20 Å². The van der Waals surface area contributed by atoms with Crippen LogP contribution in [-0.2, 0) is 6.54 Å². The average molecular weight is 161 g/mol. The van der Waals surface area contributed by atoms with Crippen LogP contribution in [0.1, 0.15) is 12.5 Å². The van der Waals surface area contributed by atoms with Crippen molar-refractivity contribution in [3.05, 3.63) is 24.0 Å². The molecule has 0 unspecified atom stereocenters. The van der Waals surface area contributed by atoms with Gasteiger partial charge in [0.25, 0.3) is 0 Å². The van der Waals surface area contributed by atoms with Crippen molar-refractivity contribution in [2.75, 3.05) is 0 Å². The molecule has 0 N–H and O–H groups in total. The van der Waals surface area contributed by atoms with E-state index < -0.39 is 0 Å². The second-order valence-electron chi connectivity index (χ2n) is 2.89. The van der Waals surface area contributed by atoms with Crippen molar-refractivity contribution >= 4 is 11.0 Å². The van der Waals surface area contributed by atoms with Crippen LogP contribution in [0.5, 0.6) is 0 Å². The number of hydrogen-bond donors (Lipinski definition) is 0. The summed E-state index contributed by atoms with van der Waals surface area (Å²) in [4.78, 5) is 4.31. The molecule has 2 heterocycles. The van der Waals surface area contributed by atoms with Gasteiger partial charge in [0.15, 0.2) is 5.65 Å². The first-order chi connectivity index (χ1) is 5.81. The lowest BCUT2D eigenvalue weighted by Gasteiger charge is -1.96. The maximum Gasteiger partial charge on any atom is 0.157 e. The second kappa shape index (κ2) is 2.59. The third kappa shape index (κ3) is 0.978. The van der Waals surface area contributed by atoms with E-state index in [2.05, 4.69) is 23.1 Å². The second-order valence-corrected chi connectivity index (χ2v) is 2.89. The zero-order chi connectivity index (χ0) is 8.55. The Morgan fingerprint density at radius 3 is 3.00 bits per heavy atom. The molecule has 0 aliphatic carbocycles. The molecule has 3 nitrogen and oxygen atoms in total. The van der Waals surface area contributed by atoms with Crippen molar-refractivity contribution in [2.24, 2.45) is 0 Å². The number of fused-ring (bicyclic) bond motifs is 1. The molecule has 0 fully saturated rings. The van der Waals surface area contributed by atoms with E-state index in [4.69, 9.17) is 0 Å². The van der Waals surface area contributed by atoms with Gasteiger partial charge >= 0.3 is 0 Å². The third-order valence-corrected chi connectivity index (χ3v) is 1.91. The van der Waals surface area contributed by atoms with E-state index in [-0.39, 0.29) is 0 Å². The van der Waals surface area contributed by atoms with Gasteiger partial charge in [-0.2, -0.15) is 5.10 Å². The van der Waals surface area contributed by atoms with Crippen LogP contribution in [0, 0.1) is 6.92 Å². The average Bonchev–Trinajstić information content (AvgIpc) is 2.46. The highest BCUT2D eigenvalue weighted by atomic mass is 15.3. The number of rotatable bonds is 1. The van der Waals surface area contributed by atoms with Crippen LogP contribution >= 0.6 is 0 Å². The molecule has 0 aromatic carbocycles. The molecule has 2 rings (SSSR count). The summed E-state index contributed by atoms with van der Waals surface area (Å²) < 4.78 is 1.90. The van der Waals surface area contributed by atoms with Crippen LogP contribution in [0.25, 0.3) is 11.0 Å². The Balaban J connectivity index is 2.73. The van der Waals surface area contributed by atoms with Gasteiger partial charge in [0, 0.05) is 18.1 Å². The Labute approximate surface area is 71.0 Å². The van der Waals surface area contributed by atoms with E-state index in [1.807, 2.05) is 24.0 Å². The van der Waals surface area contributed by atoms with E-state index >= 15 is 0 Å². The Hall–Kier alpha value is -1.38. The number of nitrogens with zero attached hydrogens (tertiary/aromatic N) is 3. The number of aryl methyl sites for hydroxylation is 2. The fourth-order valence-electron chi connectivity index (χ4n) is 1.31. The van der Waals surface area contributed by atoms with Crippen LogP contribution in [0.4, 0.5) is 0 Å². The molecule has 0 spiro atoms. The minimum Gasteiger partial charge on any atom is -0.248 e. The molecule has 62 valence electrons. The minimum atomic E-state index is 0.875. The Bertz CT molecular complexity index is 403. The molecular weight excluding hydrogens is 150 g/mol. The SMILES string of the molecule is CCn1ncc2cc(C)cnc21. The fraction of sp³-hybridized carbons (Fsp3) is 0.333. The molecule has 2 aromatic rings. The lowest BCUT2D eigenvalue weighted by Crippen LogP contribution is -1.96. The summed E-state index contributed by atoms with van der Waals surface area (Å²) in [7, 11) is 0. The molecule has 0 bridgehead atoms. The normalized spacial score (nSPS) is 10.8. The topological polar surface area (TPSA) is 30.7 Å². The monoisotopic (exact) mass is 161 g/mol. The lowest BCUT2D eigenvalue weighted by atomic mass is 10.3. The van der Waals surface area contributed by atoms with Crippen LogP contribution < -0.4 is 0 Å². The summed E-state index contributed by atoms with van der Waals surface area (Å²) in [6, 6.07) is 2.10. The summed E-state index contributed by atoms with van der Waals surface area (Å²) in [6.07, 6.45) is 3.73. The van der Waals surface area contributed by atoms with Crippen molar-refractivity contribution in [3.8, 4) is 0 Å². The predicted molar refractivity (Wildman–Crippen MR) is 47.9 cm³/mol. The highest BCUT2D eigenvalue weighted by Gasteiger charge is 2.00. The molecule has 0 saturated heterocycles. The maximum atomic E-state index is 4.31. The molecule has 0 saturated carbocycles. The fourth-order valence-corrected chi connectivity index (χ4v) is 1.31. The van der Waals surface area contributed by atoms with E-state index in [1.165, 1.54) is 5.56 Å². The largest absolute Gasteiger partial charge is 0.248 e. The zero-order valence-corrected chi connectivity index (χ0v) is 7.28. The van der Waals surface area contributed by atoms with Crippen molar-refractivity contribution in [1.29, 1.82) is 0 Å². The van der Waals surface area contributed by atoms with Crippen LogP contribution in [0.15, 0.2) is 18.5 Å². The van der Waals surface area contributed by atoms with Gasteiger partial charge in [-0.25, -0.2) is 9.67 Å². The van der Waals surface area contributed by atoms with Crippen molar-refractivity contribution < 1.29 is 0 Å². The zero-order valence-electron chi connectivity index (χ0n) is 7.28. The van der Waals surface area contributed by atoms with E-state index in [1.54, 1.807) is 0 Å². The van der Waals surface area contributed by atoms with Crippen molar-refractivity contribution in [1.82, 2.24) is 14.8 Å². The third-order valence-electron chi connectivity index (χ3n) is 1.91. The van der Waals surface area contributed by atoms with Crippen molar-refractivity contribution in [2.45, 2.75) is 20.4 Å². The molecule has 0 radical (unpaired) electrons. The first kappa shape index (κ1) is 7.28. The summed E-state index contributed by atoms with van der Waals surface area (Å²) in [5.74, 6) is 0. The summed E-state index contributed by atoms with van der Waals surface area (Å²) in [6.45, 7) is 4.98. The number of pyridine rings is 1. The van der Waals surface area contributed by atoms with Gasteiger partial charge in [0.1, 0.15) is 0 Å². The smallest absolute Gasteiger partial charge is 0.157 e. The molecule has 0 atom stereocenters. The molecule has 0 aliphatic rings. The first-order valence-electron chi connectivity index (χ1n) is 4.09. The standard InChI is InChI=1S/C9H11N3/c1-3-12-9-8(6-11-12)4-7(2)5-10-9/h4-6H,3H2,1-2H3. The number of aromatic nitrogens is 3. The van der Waals surface area contributed by atoms with Gasteiger partial charge in [-0.1, -0.05) is 0 Å². The highest BCUT2D eigenvalue weighted by Crippen LogP contribution is 2.11. The van der Waals surface area contributed by atoms with Gasteiger partial charge in [-0.15, -0.1) is 0 Å². The highest BCUT2D eigenvalue weighted by molar-refractivity contribution is 5.74. The quantitative estimate of drug-likeness (QED) is 0.638. The predicted octanol–water partition coefficient (Wildman–Crippen LogP) is 1.76. The molecule has 0 amide bonds. The van der Waals surface area contributed by atoms with Crippen molar-refractivity contribution in [3.63, 3.8) is 0 Å². The molecule has 12 heavy (non-hydrogen) atoms. The summed E-state index contributed by atoms with van der Waals surface area (Å²) in [5.41, 5.74) is 2.15. The van der Waals surface area contributed by atoms with Gasteiger partial charge in [0.2, 0.25) is 0 Å². The van der Waals surface area contributed by atoms with E-state index in [9.17, 15) is 0 Å². The van der Waals surface area contributed by atoms with Crippen LogP contribution in [0.3, 0.4) is 0 Å². The molecule has 3 heteroatoms. The summed E-state index contributed by atoms with van der Waals surface area (Å²) in [5, 5.41) is 5.33. The maximum absolute atomic E-state index is 4.31. The van der Waals surface area contributed by atoms with Gasteiger partial charge in [-0.05, 0) is 25.5 Å². The van der Waals surface area contributed by atoms with E-state index in [0.29, 0.717) is 0 Å². The molecule has 2 aromatic heterocycles. The Morgan fingerprint density at radius 2 is 2.25 bits per heavy atom. The van der Waals surface area contributed by atoms with Gasteiger partial charge < -0.3 is 0 Å². The Kier molecular flexibility index (Phi) is 1.57. The molecule has 0 aliphatic heterocycles. The van der Waals surface area contributed by atoms with Crippen LogP contribution in [0.2, 0.25) is 0 Å². The minimum absolute atomic E-state index is 0.875. The van der Waals surface area contributed by atoms with E-state index in [0.717, 1.165) is 17.6 Å². The number of hydrogen-bond acceptors (Lipinski definition) is 2. The lowest BCUT2D eigenvalue weighted by molar-refractivity contribution is 0.676.